The highest BCUT2D eigenvalue weighted by Gasteiger charge is 2.20. The van der Waals surface area contributed by atoms with Gasteiger partial charge in [0.15, 0.2) is 5.78 Å². The van der Waals surface area contributed by atoms with Gasteiger partial charge in [-0.05, 0) is 31.9 Å². The Kier molecular flexibility index (Phi) is 5.90. The molecule has 0 aromatic heterocycles. The average Bonchev–Trinajstić information content (AvgIpc) is 2.53. The van der Waals surface area contributed by atoms with Crippen molar-refractivity contribution in [1.82, 2.24) is 4.72 Å². The Hall–Kier alpha value is -1.73. The number of carbonyl (C=O) groups is 2. The van der Waals surface area contributed by atoms with Crippen molar-refractivity contribution in [2.45, 2.75) is 50.0 Å². The highest BCUT2D eigenvalue weighted by molar-refractivity contribution is 7.90. The van der Waals surface area contributed by atoms with Crippen molar-refractivity contribution < 1.29 is 22.7 Å². The van der Waals surface area contributed by atoms with Gasteiger partial charge in [0.05, 0.1) is 11.0 Å². The van der Waals surface area contributed by atoms with E-state index in [-0.39, 0.29) is 23.4 Å². The van der Waals surface area contributed by atoms with Crippen LogP contribution >= 0.6 is 0 Å². The quantitative estimate of drug-likeness (QED) is 0.801. The second kappa shape index (κ2) is 7.70. The van der Waals surface area contributed by atoms with E-state index in [1.54, 1.807) is 0 Å². The van der Waals surface area contributed by atoms with Gasteiger partial charge >= 0.3 is 0 Å². The molecule has 23 heavy (non-hydrogen) atoms. The molecule has 1 aromatic rings. The summed E-state index contributed by atoms with van der Waals surface area (Å²) in [6.45, 7) is 1.13. The molecule has 0 atom stereocenters. The van der Waals surface area contributed by atoms with E-state index in [1.165, 1.54) is 37.6 Å². The minimum atomic E-state index is -3.95. The zero-order valence-electron chi connectivity index (χ0n) is 13.1. The molecule has 0 spiro atoms. The Bertz CT molecular complexity index is 660. The lowest BCUT2D eigenvalue weighted by atomic mass is 9.98. The fraction of sp³-hybridized carbons (Fsp3) is 0.500. The topological polar surface area (TPSA) is 89.5 Å². The Labute approximate surface area is 136 Å². The van der Waals surface area contributed by atoms with Crippen LogP contribution < -0.4 is 4.72 Å². The predicted molar refractivity (Wildman–Crippen MR) is 84.6 cm³/mol. The summed E-state index contributed by atoms with van der Waals surface area (Å²) >= 11 is 0. The molecule has 1 aliphatic carbocycles. The zero-order chi connectivity index (χ0) is 16.9. The molecule has 1 aliphatic rings. The maximum absolute atomic E-state index is 12.1. The first-order valence-corrected chi connectivity index (χ1v) is 9.15. The number of nitrogens with one attached hydrogen (secondary N) is 1. The van der Waals surface area contributed by atoms with Crippen molar-refractivity contribution in [3.8, 4) is 0 Å². The first-order valence-electron chi connectivity index (χ1n) is 7.67. The molecule has 7 heteroatoms. The number of benzene rings is 1. The monoisotopic (exact) mass is 339 g/mol. The Morgan fingerprint density at radius 2 is 1.74 bits per heavy atom. The van der Waals surface area contributed by atoms with E-state index in [0.717, 1.165) is 25.7 Å². The van der Waals surface area contributed by atoms with E-state index in [4.69, 9.17) is 4.74 Å². The number of rotatable bonds is 6. The summed E-state index contributed by atoms with van der Waals surface area (Å²) in [7, 11) is -3.95. The molecule has 1 amide bonds. The molecule has 2 rings (SSSR count). The fourth-order valence-electron chi connectivity index (χ4n) is 2.53. The lowest BCUT2D eigenvalue weighted by Gasteiger charge is -2.21. The summed E-state index contributed by atoms with van der Waals surface area (Å²) in [4.78, 5) is 22.9. The van der Waals surface area contributed by atoms with Crippen LogP contribution in [0.1, 0.15) is 49.4 Å². The van der Waals surface area contributed by atoms with Gasteiger partial charge in [0, 0.05) is 5.56 Å². The van der Waals surface area contributed by atoms with E-state index < -0.39 is 15.9 Å². The first kappa shape index (κ1) is 17.6. The number of hydrogen-bond acceptors (Lipinski definition) is 5. The number of Topliss-reactive ketones (excluding diaryl/α,β-unsaturated/α-hetero) is 1. The van der Waals surface area contributed by atoms with Gasteiger partial charge in [-0.15, -0.1) is 0 Å². The highest BCUT2D eigenvalue weighted by atomic mass is 32.2. The summed E-state index contributed by atoms with van der Waals surface area (Å²) in [6.07, 6.45) is 5.18. The normalized spacial score (nSPS) is 16.0. The van der Waals surface area contributed by atoms with Gasteiger partial charge in [-0.25, -0.2) is 13.1 Å². The molecule has 1 aromatic carbocycles. The van der Waals surface area contributed by atoms with Crippen LogP contribution in [0.2, 0.25) is 0 Å². The van der Waals surface area contributed by atoms with Crippen molar-refractivity contribution in [3.05, 3.63) is 29.8 Å². The van der Waals surface area contributed by atoms with Crippen molar-refractivity contribution in [2.24, 2.45) is 0 Å². The van der Waals surface area contributed by atoms with Crippen LogP contribution in [0.4, 0.5) is 0 Å². The standard InChI is InChI=1S/C16H21NO5S/c1-12(18)13-7-9-15(10-8-13)23(20,21)17-16(19)11-22-14-5-3-2-4-6-14/h7-10,14H,2-6,11H2,1H3,(H,17,19). The van der Waals surface area contributed by atoms with Crippen LogP contribution in [0, 0.1) is 0 Å². The third-order valence-corrected chi connectivity index (χ3v) is 5.21. The number of amides is 1. The number of ketones is 1. The van der Waals surface area contributed by atoms with Crippen molar-refractivity contribution in [1.29, 1.82) is 0 Å². The molecule has 0 saturated heterocycles. The molecule has 1 saturated carbocycles. The lowest BCUT2D eigenvalue weighted by Crippen LogP contribution is -2.35. The van der Waals surface area contributed by atoms with Crippen LogP contribution in [0.15, 0.2) is 29.2 Å². The minimum absolute atomic E-state index is 0.0343. The molecule has 1 N–H and O–H groups in total. The van der Waals surface area contributed by atoms with Gasteiger partial charge in [-0.3, -0.25) is 9.59 Å². The molecule has 1 fully saturated rings. The highest BCUT2D eigenvalue weighted by Crippen LogP contribution is 2.20. The van der Waals surface area contributed by atoms with Crippen LogP contribution in [0.5, 0.6) is 0 Å². The predicted octanol–water partition coefficient (Wildman–Crippen LogP) is 2.04. The molecule has 0 bridgehead atoms. The first-order chi connectivity index (χ1) is 10.9. The lowest BCUT2D eigenvalue weighted by molar-refractivity contribution is -0.126. The maximum Gasteiger partial charge on any atom is 0.264 e. The maximum atomic E-state index is 12.1. The van der Waals surface area contributed by atoms with E-state index in [1.807, 2.05) is 4.72 Å². The van der Waals surface area contributed by atoms with Crippen LogP contribution in [-0.2, 0) is 19.6 Å². The Balaban J connectivity index is 1.91. The van der Waals surface area contributed by atoms with Gasteiger partial charge in [0.2, 0.25) is 0 Å². The largest absolute Gasteiger partial charge is 0.368 e. The fourth-order valence-corrected chi connectivity index (χ4v) is 3.50. The van der Waals surface area contributed by atoms with E-state index in [9.17, 15) is 18.0 Å². The van der Waals surface area contributed by atoms with Crippen molar-refractivity contribution in [2.75, 3.05) is 6.61 Å². The molecular weight excluding hydrogens is 318 g/mol. The number of hydrogen-bond donors (Lipinski definition) is 1. The van der Waals surface area contributed by atoms with Gasteiger partial charge in [-0.1, -0.05) is 31.4 Å². The number of sulfonamides is 1. The van der Waals surface area contributed by atoms with Crippen LogP contribution in [0.25, 0.3) is 0 Å². The third kappa shape index (κ3) is 5.14. The van der Waals surface area contributed by atoms with Gasteiger partial charge in [0.1, 0.15) is 6.61 Å². The zero-order valence-corrected chi connectivity index (χ0v) is 13.9. The summed E-state index contributed by atoms with van der Waals surface area (Å²) in [6, 6.07) is 5.43. The smallest absolute Gasteiger partial charge is 0.264 e. The summed E-state index contributed by atoms with van der Waals surface area (Å²) in [5.74, 6) is -0.843. The van der Waals surface area contributed by atoms with Crippen LogP contribution in [-0.4, -0.2) is 32.8 Å². The number of carbonyl (C=O) groups excluding carboxylic acids is 2. The average molecular weight is 339 g/mol. The second-order valence-electron chi connectivity index (χ2n) is 5.68. The molecule has 0 unspecified atom stereocenters. The molecule has 126 valence electrons. The van der Waals surface area contributed by atoms with E-state index >= 15 is 0 Å². The molecule has 0 radical (unpaired) electrons. The van der Waals surface area contributed by atoms with Gasteiger partial charge in [-0.2, -0.15) is 0 Å². The summed E-state index contributed by atoms with van der Waals surface area (Å²) < 4.78 is 31.6. The van der Waals surface area contributed by atoms with Gasteiger partial charge < -0.3 is 4.74 Å². The number of ether oxygens (including phenoxy) is 1. The molecule has 0 aliphatic heterocycles. The second-order valence-corrected chi connectivity index (χ2v) is 7.36. The van der Waals surface area contributed by atoms with E-state index in [2.05, 4.69) is 0 Å². The summed E-state index contributed by atoms with van der Waals surface area (Å²) in [5, 5.41) is 0. The molecular formula is C16H21NO5S. The molecule has 0 heterocycles. The van der Waals surface area contributed by atoms with Crippen molar-refractivity contribution >= 4 is 21.7 Å². The van der Waals surface area contributed by atoms with Gasteiger partial charge in [0.25, 0.3) is 15.9 Å². The van der Waals surface area contributed by atoms with E-state index in [0.29, 0.717) is 5.56 Å². The Morgan fingerprint density at radius 3 is 2.30 bits per heavy atom. The minimum Gasteiger partial charge on any atom is -0.368 e. The summed E-state index contributed by atoms with van der Waals surface area (Å²) in [5.41, 5.74) is 0.413. The SMILES string of the molecule is CC(=O)c1ccc(S(=O)(=O)NC(=O)COC2CCCCC2)cc1. The van der Waals surface area contributed by atoms with Crippen LogP contribution in [0.3, 0.4) is 0 Å². The third-order valence-electron chi connectivity index (χ3n) is 3.82. The van der Waals surface area contributed by atoms with Crippen molar-refractivity contribution in [3.63, 3.8) is 0 Å². The Morgan fingerprint density at radius 1 is 1.13 bits per heavy atom. The molecule has 6 nitrogen and oxygen atoms in total.